The standard InChI is InChI=1S/C23H27FN2O3/c24-20-2-4-22(5-3-20)28-14-12-25-8-10-26(11-9-25)17-21(27)16-18-1-6-23-19(15-18)7-13-29-23/h1-6,15H,7-14,16-17H2. The minimum atomic E-state index is -0.256. The second-order valence-electron chi connectivity index (χ2n) is 7.68. The smallest absolute Gasteiger partial charge is 0.151 e. The van der Waals surface area contributed by atoms with Crippen LogP contribution in [0, 0.1) is 5.82 Å². The average molecular weight is 398 g/mol. The Kier molecular flexibility index (Phi) is 6.42. The van der Waals surface area contributed by atoms with Crippen molar-refractivity contribution in [2.75, 3.05) is 52.5 Å². The Morgan fingerprint density at radius 1 is 1.03 bits per heavy atom. The normalized spacial score (nSPS) is 17.0. The van der Waals surface area contributed by atoms with Gasteiger partial charge in [-0.15, -0.1) is 0 Å². The topological polar surface area (TPSA) is 42.0 Å². The van der Waals surface area contributed by atoms with Crippen LogP contribution >= 0.6 is 0 Å². The van der Waals surface area contributed by atoms with Crippen molar-refractivity contribution in [1.29, 1.82) is 0 Å². The van der Waals surface area contributed by atoms with Gasteiger partial charge in [0.05, 0.1) is 13.2 Å². The number of nitrogens with zero attached hydrogens (tertiary/aromatic N) is 2. The fraction of sp³-hybridized carbons (Fsp3) is 0.435. The molecule has 0 amide bonds. The van der Waals surface area contributed by atoms with Gasteiger partial charge in [-0.25, -0.2) is 4.39 Å². The third-order valence-corrected chi connectivity index (χ3v) is 5.51. The Bertz CT molecular complexity index is 833. The predicted molar refractivity (Wildman–Crippen MR) is 109 cm³/mol. The first kappa shape index (κ1) is 19.9. The Morgan fingerprint density at radius 2 is 1.79 bits per heavy atom. The second kappa shape index (κ2) is 9.37. The lowest BCUT2D eigenvalue weighted by molar-refractivity contribution is -0.120. The summed E-state index contributed by atoms with van der Waals surface area (Å²) in [4.78, 5) is 17.1. The Hall–Kier alpha value is -2.44. The SMILES string of the molecule is O=C(Cc1ccc2c(c1)CCO2)CN1CCN(CCOc2ccc(F)cc2)CC1. The zero-order chi connectivity index (χ0) is 20.1. The number of ketones is 1. The summed E-state index contributed by atoms with van der Waals surface area (Å²) in [5.74, 6) is 1.65. The van der Waals surface area contributed by atoms with Crippen LogP contribution in [0.5, 0.6) is 11.5 Å². The van der Waals surface area contributed by atoms with Gasteiger partial charge in [-0.2, -0.15) is 0 Å². The maximum atomic E-state index is 12.9. The largest absolute Gasteiger partial charge is 0.493 e. The summed E-state index contributed by atoms with van der Waals surface area (Å²) in [5, 5.41) is 0. The van der Waals surface area contributed by atoms with E-state index in [9.17, 15) is 9.18 Å². The minimum Gasteiger partial charge on any atom is -0.493 e. The number of fused-ring (bicyclic) bond motifs is 1. The highest BCUT2D eigenvalue weighted by atomic mass is 19.1. The van der Waals surface area contributed by atoms with Crippen molar-refractivity contribution in [3.8, 4) is 11.5 Å². The molecule has 0 atom stereocenters. The van der Waals surface area contributed by atoms with Crippen LogP contribution in [-0.4, -0.2) is 68.1 Å². The van der Waals surface area contributed by atoms with Crippen LogP contribution in [0.1, 0.15) is 11.1 Å². The molecular weight excluding hydrogens is 371 g/mol. The molecule has 2 heterocycles. The molecule has 4 rings (SSSR count). The van der Waals surface area contributed by atoms with Crippen LogP contribution in [0.25, 0.3) is 0 Å². The maximum Gasteiger partial charge on any atom is 0.151 e. The Labute approximate surface area is 171 Å². The summed E-state index contributed by atoms with van der Waals surface area (Å²) < 4.78 is 24.1. The van der Waals surface area contributed by atoms with E-state index < -0.39 is 0 Å². The van der Waals surface area contributed by atoms with Crippen molar-refractivity contribution >= 4 is 5.78 Å². The molecule has 2 aliphatic rings. The van der Waals surface area contributed by atoms with Gasteiger partial charge < -0.3 is 9.47 Å². The highest BCUT2D eigenvalue weighted by molar-refractivity contribution is 5.83. The summed E-state index contributed by atoms with van der Waals surface area (Å²) in [6.07, 6.45) is 1.42. The second-order valence-corrected chi connectivity index (χ2v) is 7.68. The highest BCUT2D eigenvalue weighted by Gasteiger charge is 2.19. The van der Waals surface area contributed by atoms with Gasteiger partial charge in [0, 0.05) is 45.6 Å². The van der Waals surface area contributed by atoms with Gasteiger partial charge >= 0.3 is 0 Å². The van der Waals surface area contributed by atoms with E-state index in [-0.39, 0.29) is 11.6 Å². The van der Waals surface area contributed by atoms with Crippen LogP contribution in [0.2, 0.25) is 0 Å². The van der Waals surface area contributed by atoms with E-state index in [1.54, 1.807) is 12.1 Å². The van der Waals surface area contributed by atoms with E-state index >= 15 is 0 Å². The predicted octanol–water partition coefficient (Wildman–Crippen LogP) is 2.57. The van der Waals surface area contributed by atoms with Crippen LogP contribution in [-0.2, 0) is 17.6 Å². The molecule has 0 spiro atoms. The molecule has 0 radical (unpaired) electrons. The summed E-state index contributed by atoms with van der Waals surface area (Å²) >= 11 is 0. The first-order valence-electron chi connectivity index (χ1n) is 10.2. The van der Waals surface area contributed by atoms with Crippen LogP contribution in [0.4, 0.5) is 4.39 Å². The molecule has 0 aromatic heterocycles. The molecular formula is C23H27FN2O3. The summed E-state index contributed by atoms with van der Waals surface area (Å²) in [7, 11) is 0. The number of hydrogen-bond acceptors (Lipinski definition) is 5. The van der Waals surface area contributed by atoms with Crippen molar-refractivity contribution in [2.45, 2.75) is 12.8 Å². The molecule has 5 nitrogen and oxygen atoms in total. The number of carbonyl (C=O) groups excluding carboxylic acids is 1. The van der Waals surface area contributed by atoms with Gasteiger partial charge in [0.2, 0.25) is 0 Å². The van der Waals surface area contributed by atoms with Crippen molar-refractivity contribution in [3.05, 3.63) is 59.4 Å². The molecule has 29 heavy (non-hydrogen) atoms. The molecule has 0 N–H and O–H groups in total. The summed E-state index contributed by atoms with van der Waals surface area (Å²) in [6.45, 7) is 6.29. The molecule has 0 aliphatic carbocycles. The number of piperazine rings is 1. The number of rotatable bonds is 8. The van der Waals surface area contributed by atoms with E-state index in [0.29, 0.717) is 25.3 Å². The number of carbonyl (C=O) groups is 1. The molecule has 154 valence electrons. The maximum absolute atomic E-state index is 12.9. The number of hydrogen-bond donors (Lipinski definition) is 0. The van der Waals surface area contributed by atoms with E-state index in [0.717, 1.165) is 57.1 Å². The average Bonchev–Trinajstić information content (AvgIpc) is 3.19. The van der Waals surface area contributed by atoms with Gasteiger partial charge in [0.15, 0.2) is 5.78 Å². The lowest BCUT2D eigenvalue weighted by atomic mass is 10.0. The van der Waals surface area contributed by atoms with Crippen molar-refractivity contribution < 1.29 is 18.7 Å². The number of ether oxygens (including phenoxy) is 2. The quantitative estimate of drug-likeness (QED) is 0.684. The molecule has 2 aromatic rings. The molecule has 2 aliphatic heterocycles. The van der Waals surface area contributed by atoms with Crippen LogP contribution in [0.3, 0.4) is 0 Å². The molecule has 0 bridgehead atoms. The molecule has 1 fully saturated rings. The van der Waals surface area contributed by atoms with Crippen molar-refractivity contribution in [3.63, 3.8) is 0 Å². The van der Waals surface area contributed by atoms with Crippen molar-refractivity contribution in [1.82, 2.24) is 9.80 Å². The van der Waals surface area contributed by atoms with Gasteiger partial charge in [0.25, 0.3) is 0 Å². The van der Waals surface area contributed by atoms with Crippen molar-refractivity contribution in [2.24, 2.45) is 0 Å². The zero-order valence-electron chi connectivity index (χ0n) is 16.6. The molecule has 0 unspecified atom stereocenters. The van der Waals surface area contributed by atoms with E-state index in [2.05, 4.69) is 15.9 Å². The number of benzene rings is 2. The van der Waals surface area contributed by atoms with E-state index in [4.69, 9.17) is 9.47 Å². The van der Waals surface area contributed by atoms with Gasteiger partial charge in [0.1, 0.15) is 23.9 Å². The first-order valence-corrected chi connectivity index (χ1v) is 10.2. The molecule has 1 saturated heterocycles. The Morgan fingerprint density at radius 3 is 2.59 bits per heavy atom. The fourth-order valence-electron chi connectivity index (χ4n) is 3.88. The molecule has 2 aromatic carbocycles. The fourth-order valence-corrected chi connectivity index (χ4v) is 3.88. The molecule has 0 saturated carbocycles. The van der Waals surface area contributed by atoms with Gasteiger partial charge in [-0.1, -0.05) is 12.1 Å². The Balaban J connectivity index is 1.15. The zero-order valence-corrected chi connectivity index (χ0v) is 16.6. The highest BCUT2D eigenvalue weighted by Crippen LogP contribution is 2.26. The van der Waals surface area contributed by atoms with E-state index in [1.807, 2.05) is 12.1 Å². The third-order valence-electron chi connectivity index (χ3n) is 5.51. The lowest BCUT2D eigenvalue weighted by Crippen LogP contribution is -2.48. The molecule has 6 heteroatoms. The van der Waals surface area contributed by atoms with Gasteiger partial charge in [-0.05, 0) is 41.5 Å². The number of Topliss-reactive ketones (excluding diaryl/α,β-unsaturated/α-hetero) is 1. The van der Waals surface area contributed by atoms with Crippen LogP contribution < -0.4 is 9.47 Å². The third kappa shape index (κ3) is 5.55. The lowest BCUT2D eigenvalue weighted by Gasteiger charge is -2.34. The van der Waals surface area contributed by atoms with Crippen LogP contribution in [0.15, 0.2) is 42.5 Å². The summed E-state index contributed by atoms with van der Waals surface area (Å²) in [5.41, 5.74) is 2.29. The van der Waals surface area contributed by atoms with Gasteiger partial charge in [-0.3, -0.25) is 14.6 Å². The first-order chi connectivity index (χ1) is 14.2. The van der Waals surface area contributed by atoms with E-state index in [1.165, 1.54) is 17.7 Å². The minimum absolute atomic E-state index is 0.256. The monoisotopic (exact) mass is 398 g/mol. The number of halogens is 1. The summed E-state index contributed by atoms with van der Waals surface area (Å²) in [6, 6.07) is 12.2.